The number of ether oxygens (including phenoxy) is 1. The van der Waals surface area contributed by atoms with Crippen molar-refractivity contribution in [3.8, 4) is 5.75 Å². The molecule has 1 rings (SSSR count). The molecule has 0 amide bonds. The summed E-state index contributed by atoms with van der Waals surface area (Å²) in [5.74, 6) is 0.0880. The molecule has 0 saturated heterocycles. The molecule has 5 heteroatoms. The average Bonchev–Trinajstić information content (AvgIpc) is 2.42. The molecule has 4 nitrogen and oxygen atoms in total. The van der Waals surface area contributed by atoms with Gasteiger partial charge < -0.3 is 20.3 Å². The van der Waals surface area contributed by atoms with Crippen LogP contribution >= 0.6 is 0 Å². The lowest BCUT2D eigenvalue weighted by atomic mass is 9.98. The van der Waals surface area contributed by atoms with Gasteiger partial charge in [-0.1, -0.05) is 13.0 Å². The lowest BCUT2D eigenvalue weighted by molar-refractivity contribution is 0.0861. The van der Waals surface area contributed by atoms with Gasteiger partial charge in [0.25, 0.3) is 0 Å². The molecule has 0 aliphatic carbocycles. The van der Waals surface area contributed by atoms with Crippen LogP contribution in [0.1, 0.15) is 18.9 Å². The first-order chi connectivity index (χ1) is 8.60. The summed E-state index contributed by atoms with van der Waals surface area (Å²) in [7, 11) is 1.48. The van der Waals surface area contributed by atoms with Gasteiger partial charge in [0.2, 0.25) is 0 Å². The lowest BCUT2D eigenvalue weighted by Gasteiger charge is -2.30. The summed E-state index contributed by atoms with van der Waals surface area (Å²) >= 11 is 0. The third kappa shape index (κ3) is 3.41. The van der Waals surface area contributed by atoms with E-state index >= 15 is 0 Å². The van der Waals surface area contributed by atoms with E-state index in [0.29, 0.717) is 17.7 Å². The molecule has 0 bridgehead atoms. The molecule has 0 saturated carbocycles. The fraction of sp³-hybridized carbons (Fsp3) is 0.538. The highest BCUT2D eigenvalue weighted by molar-refractivity contribution is 5.28. The number of methoxy groups -OCH3 is 1. The smallest absolute Gasteiger partial charge is 0.131 e. The van der Waals surface area contributed by atoms with E-state index in [1.54, 1.807) is 12.1 Å². The Labute approximate surface area is 106 Å². The number of aliphatic hydroxyl groups is 2. The Kier molecular flexibility index (Phi) is 5.53. The topological polar surface area (TPSA) is 61.7 Å². The quantitative estimate of drug-likeness (QED) is 0.683. The Hall–Kier alpha value is -1.17. The fourth-order valence-corrected chi connectivity index (χ4v) is 1.59. The van der Waals surface area contributed by atoms with Crippen LogP contribution in [0, 0.1) is 5.82 Å². The number of rotatable bonds is 7. The molecular weight excluding hydrogens is 237 g/mol. The van der Waals surface area contributed by atoms with Crippen molar-refractivity contribution in [3.05, 3.63) is 29.6 Å². The molecule has 0 aromatic heterocycles. The Morgan fingerprint density at radius 3 is 2.44 bits per heavy atom. The molecule has 0 radical (unpaired) electrons. The standard InChI is InChI=1S/C13H20FNO3/c1-3-13(8-16,9-17)15-7-10-4-5-11(18-2)6-12(10)14/h4-6,15-17H,3,7-9H2,1-2H3. The molecule has 0 fully saturated rings. The van der Waals surface area contributed by atoms with E-state index in [1.807, 2.05) is 6.92 Å². The van der Waals surface area contributed by atoms with Gasteiger partial charge in [0.1, 0.15) is 11.6 Å². The number of nitrogens with one attached hydrogen (secondary N) is 1. The highest BCUT2D eigenvalue weighted by atomic mass is 19.1. The second kappa shape index (κ2) is 6.68. The molecule has 0 aliphatic heterocycles. The van der Waals surface area contributed by atoms with Gasteiger partial charge >= 0.3 is 0 Å². The van der Waals surface area contributed by atoms with Crippen molar-refractivity contribution in [3.63, 3.8) is 0 Å². The van der Waals surface area contributed by atoms with Crippen LogP contribution in [0.4, 0.5) is 4.39 Å². The fourth-order valence-electron chi connectivity index (χ4n) is 1.59. The molecule has 1 aromatic rings. The van der Waals surface area contributed by atoms with Crippen LogP contribution in [0.15, 0.2) is 18.2 Å². The number of hydrogen-bond donors (Lipinski definition) is 3. The van der Waals surface area contributed by atoms with E-state index in [1.165, 1.54) is 13.2 Å². The highest BCUT2D eigenvalue weighted by Crippen LogP contribution is 2.17. The van der Waals surface area contributed by atoms with Gasteiger partial charge in [-0.05, 0) is 12.5 Å². The summed E-state index contributed by atoms with van der Waals surface area (Å²) in [6.45, 7) is 1.70. The summed E-state index contributed by atoms with van der Waals surface area (Å²) in [5.41, 5.74) is -0.303. The van der Waals surface area contributed by atoms with E-state index < -0.39 is 5.54 Å². The Bertz CT molecular complexity index is 372. The van der Waals surface area contributed by atoms with Gasteiger partial charge in [-0.25, -0.2) is 4.39 Å². The Morgan fingerprint density at radius 2 is 2.00 bits per heavy atom. The van der Waals surface area contributed by atoms with Crippen molar-refractivity contribution in [2.24, 2.45) is 0 Å². The van der Waals surface area contributed by atoms with Crippen molar-refractivity contribution in [2.45, 2.75) is 25.4 Å². The Morgan fingerprint density at radius 1 is 1.33 bits per heavy atom. The Balaban J connectivity index is 2.73. The van der Waals surface area contributed by atoms with Gasteiger partial charge in [-0.2, -0.15) is 0 Å². The zero-order valence-electron chi connectivity index (χ0n) is 10.7. The predicted octanol–water partition coefficient (Wildman–Crippen LogP) is 1.06. The van der Waals surface area contributed by atoms with Gasteiger partial charge in [0.05, 0.1) is 25.9 Å². The monoisotopic (exact) mass is 257 g/mol. The van der Waals surface area contributed by atoms with Crippen LogP contribution in [-0.2, 0) is 6.54 Å². The van der Waals surface area contributed by atoms with E-state index in [4.69, 9.17) is 4.74 Å². The molecule has 0 atom stereocenters. The summed E-state index contributed by atoms with van der Waals surface area (Å²) < 4.78 is 18.6. The number of halogens is 1. The molecule has 0 aliphatic rings. The summed E-state index contributed by atoms with van der Waals surface area (Å²) in [6.07, 6.45) is 0.553. The maximum absolute atomic E-state index is 13.7. The third-order valence-electron chi connectivity index (χ3n) is 3.20. The van der Waals surface area contributed by atoms with Crippen LogP contribution in [0.2, 0.25) is 0 Å². The SMILES string of the molecule is CCC(CO)(CO)NCc1ccc(OC)cc1F. The number of aliphatic hydroxyl groups excluding tert-OH is 2. The van der Waals surface area contributed by atoms with Crippen LogP contribution in [0.3, 0.4) is 0 Å². The molecule has 1 aromatic carbocycles. The van der Waals surface area contributed by atoms with Crippen LogP contribution < -0.4 is 10.1 Å². The molecule has 3 N–H and O–H groups in total. The number of hydrogen-bond acceptors (Lipinski definition) is 4. The van der Waals surface area contributed by atoms with E-state index in [0.717, 1.165) is 0 Å². The minimum Gasteiger partial charge on any atom is -0.497 e. The summed E-state index contributed by atoms with van der Waals surface area (Å²) in [5, 5.41) is 21.5. The molecule has 102 valence electrons. The van der Waals surface area contributed by atoms with Gasteiger partial charge in [0.15, 0.2) is 0 Å². The van der Waals surface area contributed by atoms with Crippen LogP contribution in [0.25, 0.3) is 0 Å². The normalized spacial score (nSPS) is 11.6. The largest absolute Gasteiger partial charge is 0.497 e. The van der Waals surface area contributed by atoms with E-state index in [9.17, 15) is 14.6 Å². The van der Waals surface area contributed by atoms with E-state index in [2.05, 4.69) is 5.32 Å². The highest BCUT2D eigenvalue weighted by Gasteiger charge is 2.25. The summed E-state index contributed by atoms with van der Waals surface area (Å²) in [4.78, 5) is 0. The average molecular weight is 257 g/mol. The van der Waals surface area contributed by atoms with Gasteiger partial charge in [-0.15, -0.1) is 0 Å². The van der Waals surface area contributed by atoms with Gasteiger partial charge in [-0.3, -0.25) is 0 Å². The number of benzene rings is 1. The molecule has 0 spiro atoms. The first-order valence-electron chi connectivity index (χ1n) is 5.90. The zero-order valence-corrected chi connectivity index (χ0v) is 10.7. The van der Waals surface area contributed by atoms with Gasteiger partial charge in [0, 0.05) is 18.2 Å². The van der Waals surface area contributed by atoms with E-state index in [-0.39, 0.29) is 25.6 Å². The summed E-state index contributed by atoms with van der Waals surface area (Å²) in [6, 6.07) is 4.60. The maximum atomic E-state index is 13.7. The molecule has 0 unspecified atom stereocenters. The lowest BCUT2D eigenvalue weighted by Crippen LogP contribution is -2.50. The first-order valence-corrected chi connectivity index (χ1v) is 5.90. The second-order valence-electron chi connectivity index (χ2n) is 4.26. The van der Waals surface area contributed by atoms with Crippen molar-refractivity contribution >= 4 is 0 Å². The maximum Gasteiger partial charge on any atom is 0.131 e. The molecule has 18 heavy (non-hydrogen) atoms. The molecule has 0 heterocycles. The van der Waals surface area contributed by atoms with Crippen LogP contribution in [0.5, 0.6) is 5.75 Å². The van der Waals surface area contributed by atoms with Crippen molar-refractivity contribution in [1.82, 2.24) is 5.32 Å². The van der Waals surface area contributed by atoms with Crippen molar-refractivity contribution in [1.29, 1.82) is 0 Å². The minimum atomic E-state index is -0.771. The molecular formula is C13H20FNO3. The van der Waals surface area contributed by atoms with Crippen LogP contribution in [-0.4, -0.2) is 36.1 Å². The minimum absolute atomic E-state index is 0.197. The predicted molar refractivity (Wildman–Crippen MR) is 67.0 cm³/mol. The second-order valence-corrected chi connectivity index (χ2v) is 4.26. The third-order valence-corrected chi connectivity index (χ3v) is 3.20. The van der Waals surface area contributed by atoms with Crippen molar-refractivity contribution < 1.29 is 19.3 Å². The first kappa shape index (κ1) is 14.9. The van der Waals surface area contributed by atoms with Crippen molar-refractivity contribution in [2.75, 3.05) is 20.3 Å². The zero-order chi connectivity index (χ0) is 13.6.